The van der Waals surface area contributed by atoms with Gasteiger partial charge in [-0.2, -0.15) is 0 Å². The van der Waals surface area contributed by atoms with Crippen molar-refractivity contribution in [3.05, 3.63) is 30.2 Å². The molecule has 7 nitrogen and oxygen atoms in total. The van der Waals surface area contributed by atoms with Crippen molar-refractivity contribution in [1.82, 2.24) is 24.8 Å². The molecule has 1 aliphatic heterocycles. The number of hydrogen-bond donors (Lipinski definition) is 1. The molecule has 3 rings (SSSR count). The number of nitrogens with one attached hydrogen (secondary N) is 1. The van der Waals surface area contributed by atoms with E-state index in [2.05, 4.69) is 15.5 Å². The fourth-order valence-corrected chi connectivity index (χ4v) is 3.20. The summed E-state index contributed by atoms with van der Waals surface area (Å²) in [5.74, 6) is 0.661. The second kappa shape index (κ2) is 6.82. The Bertz CT molecular complexity index is 777. The SMILES string of the molecule is CC(C)(C)N1C[C@@H](C(=O)NCCCc2nnc3ccccn23)CC1=O. The first-order valence-electron chi connectivity index (χ1n) is 8.73. The van der Waals surface area contributed by atoms with Crippen LogP contribution in [0.25, 0.3) is 5.65 Å². The number of fused-ring (bicyclic) bond motifs is 1. The van der Waals surface area contributed by atoms with Gasteiger partial charge in [-0.1, -0.05) is 6.07 Å². The third kappa shape index (κ3) is 3.81. The summed E-state index contributed by atoms with van der Waals surface area (Å²) in [7, 11) is 0. The van der Waals surface area contributed by atoms with E-state index in [-0.39, 0.29) is 23.3 Å². The maximum Gasteiger partial charge on any atom is 0.225 e. The van der Waals surface area contributed by atoms with Crippen molar-refractivity contribution in [2.75, 3.05) is 13.1 Å². The van der Waals surface area contributed by atoms with Gasteiger partial charge in [-0.3, -0.25) is 14.0 Å². The Morgan fingerprint density at radius 1 is 1.32 bits per heavy atom. The number of likely N-dealkylation sites (tertiary alicyclic amines) is 1. The van der Waals surface area contributed by atoms with Gasteiger partial charge < -0.3 is 10.2 Å². The van der Waals surface area contributed by atoms with Crippen LogP contribution in [-0.4, -0.2) is 49.9 Å². The van der Waals surface area contributed by atoms with E-state index in [0.717, 1.165) is 24.3 Å². The van der Waals surface area contributed by atoms with E-state index in [1.54, 1.807) is 4.90 Å². The van der Waals surface area contributed by atoms with Crippen LogP contribution in [0.2, 0.25) is 0 Å². The largest absolute Gasteiger partial charge is 0.356 e. The molecule has 1 fully saturated rings. The lowest BCUT2D eigenvalue weighted by Crippen LogP contribution is -2.43. The van der Waals surface area contributed by atoms with Crippen molar-refractivity contribution in [2.45, 2.75) is 45.6 Å². The molecule has 2 aromatic heterocycles. The van der Waals surface area contributed by atoms with Gasteiger partial charge in [0.15, 0.2) is 5.65 Å². The molecule has 1 atom stereocenters. The van der Waals surface area contributed by atoms with Crippen LogP contribution in [0.5, 0.6) is 0 Å². The Morgan fingerprint density at radius 2 is 2.12 bits per heavy atom. The molecule has 0 unspecified atom stereocenters. The van der Waals surface area contributed by atoms with Crippen LogP contribution >= 0.6 is 0 Å². The summed E-state index contributed by atoms with van der Waals surface area (Å²) in [6, 6.07) is 5.79. The molecular weight excluding hydrogens is 318 g/mol. The average Bonchev–Trinajstić information content (AvgIpc) is 3.15. The van der Waals surface area contributed by atoms with Crippen molar-refractivity contribution in [2.24, 2.45) is 5.92 Å². The van der Waals surface area contributed by atoms with Crippen LogP contribution in [0.15, 0.2) is 24.4 Å². The van der Waals surface area contributed by atoms with Crippen LogP contribution in [0.4, 0.5) is 0 Å². The Morgan fingerprint density at radius 3 is 2.84 bits per heavy atom. The highest BCUT2D eigenvalue weighted by Gasteiger charge is 2.39. The van der Waals surface area contributed by atoms with Crippen molar-refractivity contribution in [3.8, 4) is 0 Å². The van der Waals surface area contributed by atoms with Gasteiger partial charge in [-0.05, 0) is 39.3 Å². The van der Waals surface area contributed by atoms with Crippen LogP contribution < -0.4 is 5.32 Å². The second-order valence-corrected chi connectivity index (χ2v) is 7.52. The zero-order chi connectivity index (χ0) is 18.0. The number of aryl methyl sites for hydroxylation is 1. The van der Waals surface area contributed by atoms with Crippen LogP contribution in [-0.2, 0) is 16.0 Å². The summed E-state index contributed by atoms with van der Waals surface area (Å²) >= 11 is 0. The van der Waals surface area contributed by atoms with Crippen molar-refractivity contribution in [1.29, 1.82) is 0 Å². The topological polar surface area (TPSA) is 79.6 Å². The lowest BCUT2D eigenvalue weighted by Gasteiger charge is -2.31. The van der Waals surface area contributed by atoms with E-state index in [0.29, 0.717) is 19.5 Å². The Kier molecular flexibility index (Phi) is 4.74. The smallest absolute Gasteiger partial charge is 0.225 e. The third-order valence-electron chi connectivity index (χ3n) is 4.57. The zero-order valence-electron chi connectivity index (χ0n) is 15.0. The van der Waals surface area contributed by atoms with Crippen LogP contribution in [0.3, 0.4) is 0 Å². The molecule has 0 aromatic carbocycles. The molecule has 0 bridgehead atoms. The number of amides is 2. The molecule has 2 amide bonds. The van der Waals surface area contributed by atoms with Gasteiger partial charge in [0.05, 0.1) is 5.92 Å². The summed E-state index contributed by atoms with van der Waals surface area (Å²) in [5.41, 5.74) is 0.592. The second-order valence-electron chi connectivity index (χ2n) is 7.52. The number of nitrogens with zero attached hydrogens (tertiary/aromatic N) is 4. The molecule has 0 radical (unpaired) electrons. The Balaban J connectivity index is 1.46. The standard InChI is InChI=1S/C18H25N5O2/c1-18(2,3)23-12-13(11-16(23)24)17(25)19-9-6-8-15-21-20-14-7-4-5-10-22(14)15/h4-5,7,10,13H,6,8-9,11-12H2,1-3H3,(H,19,25)/t13-/m0/s1. The minimum Gasteiger partial charge on any atom is -0.356 e. The molecule has 7 heteroatoms. The fraction of sp³-hybridized carbons (Fsp3) is 0.556. The van der Waals surface area contributed by atoms with Gasteiger partial charge in [0.1, 0.15) is 5.82 Å². The van der Waals surface area contributed by atoms with Crippen LogP contribution in [0.1, 0.15) is 39.4 Å². The van der Waals surface area contributed by atoms with E-state index >= 15 is 0 Å². The Hall–Kier alpha value is -2.44. The van der Waals surface area contributed by atoms with E-state index < -0.39 is 0 Å². The van der Waals surface area contributed by atoms with Gasteiger partial charge in [0, 0.05) is 37.7 Å². The van der Waals surface area contributed by atoms with Gasteiger partial charge in [-0.15, -0.1) is 10.2 Å². The highest BCUT2D eigenvalue weighted by Crippen LogP contribution is 2.25. The molecule has 134 valence electrons. The summed E-state index contributed by atoms with van der Waals surface area (Å²) in [5, 5.41) is 11.3. The summed E-state index contributed by atoms with van der Waals surface area (Å²) in [4.78, 5) is 26.2. The maximum absolute atomic E-state index is 12.3. The molecule has 2 aromatic rings. The van der Waals surface area contributed by atoms with Gasteiger partial charge >= 0.3 is 0 Å². The van der Waals surface area contributed by atoms with Crippen molar-refractivity contribution >= 4 is 17.5 Å². The lowest BCUT2D eigenvalue weighted by molar-refractivity contribution is -0.132. The summed E-state index contributed by atoms with van der Waals surface area (Å²) < 4.78 is 1.96. The maximum atomic E-state index is 12.3. The molecule has 0 spiro atoms. The van der Waals surface area contributed by atoms with Gasteiger partial charge in [-0.25, -0.2) is 0 Å². The number of aromatic nitrogens is 3. The van der Waals surface area contributed by atoms with Crippen LogP contribution in [0, 0.1) is 5.92 Å². The molecule has 0 saturated carbocycles. The van der Waals surface area contributed by atoms with Crippen molar-refractivity contribution in [3.63, 3.8) is 0 Å². The quantitative estimate of drug-likeness (QED) is 0.833. The average molecular weight is 343 g/mol. The van der Waals surface area contributed by atoms with E-state index in [1.165, 1.54) is 0 Å². The first kappa shape index (κ1) is 17.4. The number of carbonyl (C=O) groups excluding carboxylic acids is 2. The summed E-state index contributed by atoms with van der Waals surface area (Å²) in [6.07, 6.45) is 3.76. The number of rotatable bonds is 5. The minimum absolute atomic E-state index is 0.0359. The third-order valence-corrected chi connectivity index (χ3v) is 4.57. The predicted octanol–water partition coefficient (Wildman–Crippen LogP) is 1.43. The van der Waals surface area contributed by atoms with E-state index in [4.69, 9.17) is 0 Å². The number of carbonyl (C=O) groups is 2. The molecule has 1 saturated heterocycles. The van der Waals surface area contributed by atoms with Crippen molar-refractivity contribution < 1.29 is 9.59 Å². The first-order chi connectivity index (χ1) is 11.9. The highest BCUT2D eigenvalue weighted by atomic mass is 16.2. The normalized spacial score (nSPS) is 18.1. The molecule has 1 N–H and O–H groups in total. The monoisotopic (exact) mass is 343 g/mol. The molecule has 3 heterocycles. The number of pyridine rings is 1. The molecule has 1 aliphatic rings. The number of hydrogen-bond acceptors (Lipinski definition) is 4. The Labute approximate surface area is 147 Å². The molecule has 0 aliphatic carbocycles. The first-order valence-corrected chi connectivity index (χ1v) is 8.73. The summed E-state index contributed by atoms with van der Waals surface area (Å²) in [6.45, 7) is 7.06. The van der Waals surface area contributed by atoms with E-state index in [1.807, 2.05) is 49.6 Å². The van der Waals surface area contributed by atoms with Gasteiger partial charge in [0.2, 0.25) is 11.8 Å². The van der Waals surface area contributed by atoms with Gasteiger partial charge in [0.25, 0.3) is 0 Å². The van der Waals surface area contributed by atoms with E-state index in [9.17, 15) is 9.59 Å². The fourth-order valence-electron chi connectivity index (χ4n) is 3.20. The predicted molar refractivity (Wildman–Crippen MR) is 93.9 cm³/mol. The lowest BCUT2D eigenvalue weighted by atomic mass is 10.1. The highest BCUT2D eigenvalue weighted by molar-refractivity contribution is 5.89. The zero-order valence-corrected chi connectivity index (χ0v) is 15.0. The molecule has 25 heavy (non-hydrogen) atoms. The molecular formula is C18H25N5O2. The minimum atomic E-state index is -0.249.